The molecule has 5 nitrogen and oxygen atoms in total. The lowest BCUT2D eigenvalue weighted by atomic mass is 10.2. The lowest BCUT2D eigenvalue weighted by Crippen LogP contribution is -2.40. The summed E-state index contributed by atoms with van der Waals surface area (Å²) in [7, 11) is 0. The fourth-order valence-electron chi connectivity index (χ4n) is 3.21. The summed E-state index contributed by atoms with van der Waals surface area (Å²) in [4.78, 5) is 11.8. The van der Waals surface area contributed by atoms with Gasteiger partial charge in [0.2, 0.25) is 0 Å². The second kappa shape index (κ2) is 13.4. The Hall–Kier alpha value is -2.99. The number of esters is 1. The van der Waals surface area contributed by atoms with E-state index < -0.39 is 12.2 Å². The van der Waals surface area contributed by atoms with E-state index in [1.54, 1.807) is 0 Å². The Labute approximate surface area is 189 Å². The molecule has 0 N–H and O–H groups in total. The molecule has 2 atom stereocenters. The van der Waals surface area contributed by atoms with Crippen LogP contribution in [0.5, 0.6) is 0 Å². The van der Waals surface area contributed by atoms with E-state index in [9.17, 15) is 4.79 Å². The van der Waals surface area contributed by atoms with Crippen LogP contribution in [-0.2, 0) is 43.6 Å². The van der Waals surface area contributed by atoms with Crippen molar-refractivity contribution in [3.05, 3.63) is 108 Å². The van der Waals surface area contributed by atoms with Gasteiger partial charge in [-0.1, -0.05) is 91.0 Å². The fourth-order valence-corrected chi connectivity index (χ4v) is 3.21. The molecule has 0 spiro atoms. The molecular weight excluding hydrogens is 404 g/mol. The van der Waals surface area contributed by atoms with Crippen molar-refractivity contribution in [3.8, 4) is 0 Å². The quantitative estimate of drug-likeness (QED) is 0.357. The SMILES string of the molecule is CC(=O)O[C@H](COCc1ccccc1)[C@@H](COCc1ccccc1)OCc1ccccc1. The van der Waals surface area contributed by atoms with Crippen LogP contribution in [0, 0.1) is 0 Å². The van der Waals surface area contributed by atoms with E-state index in [-0.39, 0.29) is 19.2 Å². The van der Waals surface area contributed by atoms with Gasteiger partial charge >= 0.3 is 5.97 Å². The zero-order valence-electron chi connectivity index (χ0n) is 18.4. The third kappa shape index (κ3) is 8.63. The summed E-state index contributed by atoms with van der Waals surface area (Å²) in [6.45, 7) is 3.13. The molecule has 0 aromatic heterocycles. The average Bonchev–Trinajstić information content (AvgIpc) is 2.82. The summed E-state index contributed by atoms with van der Waals surface area (Å²) in [5, 5.41) is 0. The van der Waals surface area contributed by atoms with Crippen molar-refractivity contribution in [1.29, 1.82) is 0 Å². The summed E-state index contributed by atoms with van der Waals surface area (Å²) < 4.78 is 23.5. The molecule has 168 valence electrons. The molecule has 32 heavy (non-hydrogen) atoms. The number of ether oxygens (including phenoxy) is 4. The van der Waals surface area contributed by atoms with Crippen LogP contribution in [0.4, 0.5) is 0 Å². The third-order valence-corrected chi connectivity index (χ3v) is 4.83. The minimum absolute atomic E-state index is 0.211. The molecule has 0 unspecified atom stereocenters. The van der Waals surface area contributed by atoms with Crippen LogP contribution in [0.3, 0.4) is 0 Å². The van der Waals surface area contributed by atoms with Crippen LogP contribution >= 0.6 is 0 Å². The second-order valence-corrected chi connectivity index (χ2v) is 7.48. The predicted molar refractivity (Wildman–Crippen MR) is 123 cm³/mol. The van der Waals surface area contributed by atoms with Crippen LogP contribution in [0.15, 0.2) is 91.0 Å². The molecular formula is C27H30O5. The van der Waals surface area contributed by atoms with Gasteiger partial charge in [0.15, 0.2) is 6.10 Å². The van der Waals surface area contributed by atoms with Gasteiger partial charge in [0, 0.05) is 6.92 Å². The molecule has 0 aliphatic carbocycles. The lowest BCUT2D eigenvalue weighted by molar-refractivity contribution is -0.168. The van der Waals surface area contributed by atoms with Gasteiger partial charge in [-0.3, -0.25) is 4.79 Å². The standard InChI is InChI=1S/C27H30O5/c1-22(28)32-27(21-30-18-24-13-7-3-8-14-24)26(31-19-25-15-9-4-10-16-25)20-29-17-23-11-5-2-6-12-23/h2-16,26-27H,17-21H2,1H3/t26-,27-/m1/s1. The molecule has 0 saturated carbocycles. The Kier molecular flexibility index (Phi) is 9.93. The molecule has 0 saturated heterocycles. The van der Waals surface area contributed by atoms with Gasteiger partial charge in [0.1, 0.15) is 6.10 Å². The summed E-state index contributed by atoms with van der Waals surface area (Å²) in [5.74, 6) is -0.380. The summed E-state index contributed by atoms with van der Waals surface area (Å²) >= 11 is 0. The first-order chi connectivity index (χ1) is 15.7. The van der Waals surface area contributed by atoms with Gasteiger partial charge in [0.25, 0.3) is 0 Å². The van der Waals surface area contributed by atoms with Crippen molar-refractivity contribution in [2.45, 2.75) is 39.0 Å². The maximum absolute atomic E-state index is 11.8. The van der Waals surface area contributed by atoms with Crippen molar-refractivity contribution in [3.63, 3.8) is 0 Å². The summed E-state index contributed by atoms with van der Waals surface area (Å²) in [6, 6.07) is 29.7. The van der Waals surface area contributed by atoms with Gasteiger partial charge in [-0.2, -0.15) is 0 Å². The number of hydrogen-bond acceptors (Lipinski definition) is 5. The first-order valence-electron chi connectivity index (χ1n) is 10.8. The molecule has 3 rings (SSSR count). The topological polar surface area (TPSA) is 54.0 Å². The summed E-state index contributed by atoms with van der Waals surface area (Å²) in [6.07, 6.45) is -1.06. The average molecular weight is 435 g/mol. The van der Waals surface area contributed by atoms with Crippen molar-refractivity contribution in [2.75, 3.05) is 13.2 Å². The molecule has 3 aromatic carbocycles. The molecule has 5 heteroatoms. The predicted octanol–water partition coefficient (Wildman–Crippen LogP) is 4.94. The molecule has 0 aliphatic rings. The van der Waals surface area contributed by atoms with Gasteiger partial charge in [-0.15, -0.1) is 0 Å². The van der Waals surface area contributed by atoms with Crippen molar-refractivity contribution < 1.29 is 23.7 Å². The normalized spacial score (nSPS) is 12.8. The summed E-state index contributed by atoms with van der Waals surface area (Å²) in [5.41, 5.74) is 3.15. The minimum atomic E-state index is -0.587. The van der Waals surface area contributed by atoms with Gasteiger partial charge in [-0.25, -0.2) is 0 Å². The zero-order valence-corrected chi connectivity index (χ0v) is 18.4. The maximum atomic E-state index is 11.8. The van der Waals surface area contributed by atoms with Crippen molar-refractivity contribution >= 4 is 5.97 Å². The van der Waals surface area contributed by atoms with Crippen LogP contribution in [0.25, 0.3) is 0 Å². The Morgan fingerprint density at radius 2 is 1.03 bits per heavy atom. The number of rotatable bonds is 13. The van der Waals surface area contributed by atoms with E-state index in [4.69, 9.17) is 18.9 Å². The van der Waals surface area contributed by atoms with E-state index in [0.717, 1.165) is 16.7 Å². The Balaban J connectivity index is 1.62. The highest BCUT2D eigenvalue weighted by Crippen LogP contribution is 2.13. The van der Waals surface area contributed by atoms with Crippen LogP contribution in [0.2, 0.25) is 0 Å². The second-order valence-electron chi connectivity index (χ2n) is 7.48. The molecule has 0 heterocycles. The minimum Gasteiger partial charge on any atom is -0.457 e. The number of carbonyl (C=O) groups is 1. The lowest BCUT2D eigenvalue weighted by Gasteiger charge is -2.27. The first kappa shape index (κ1) is 23.7. The molecule has 0 fully saturated rings. The number of benzene rings is 3. The molecule has 0 radical (unpaired) electrons. The van der Waals surface area contributed by atoms with Crippen molar-refractivity contribution in [2.24, 2.45) is 0 Å². The Morgan fingerprint density at radius 1 is 0.625 bits per heavy atom. The smallest absolute Gasteiger partial charge is 0.303 e. The van der Waals surface area contributed by atoms with Crippen LogP contribution in [-0.4, -0.2) is 31.4 Å². The van der Waals surface area contributed by atoms with Gasteiger partial charge < -0.3 is 18.9 Å². The monoisotopic (exact) mass is 434 g/mol. The maximum Gasteiger partial charge on any atom is 0.303 e. The van der Waals surface area contributed by atoms with E-state index in [0.29, 0.717) is 19.8 Å². The number of hydrogen-bond donors (Lipinski definition) is 0. The number of carbonyl (C=O) groups excluding carboxylic acids is 1. The molecule has 0 aliphatic heterocycles. The van der Waals surface area contributed by atoms with Crippen LogP contribution in [0.1, 0.15) is 23.6 Å². The van der Waals surface area contributed by atoms with E-state index in [1.807, 2.05) is 91.0 Å². The zero-order chi connectivity index (χ0) is 22.4. The highest BCUT2D eigenvalue weighted by Gasteiger charge is 2.26. The highest BCUT2D eigenvalue weighted by molar-refractivity contribution is 5.66. The third-order valence-electron chi connectivity index (χ3n) is 4.83. The fraction of sp³-hybridized carbons (Fsp3) is 0.296. The first-order valence-corrected chi connectivity index (χ1v) is 10.8. The Bertz CT molecular complexity index is 899. The Morgan fingerprint density at radius 3 is 1.47 bits per heavy atom. The molecule has 0 bridgehead atoms. The molecule has 3 aromatic rings. The van der Waals surface area contributed by atoms with Crippen LogP contribution < -0.4 is 0 Å². The van der Waals surface area contributed by atoms with E-state index in [2.05, 4.69) is 0 Å². The largest absolute Gasteiger partial charge is 0.457 e. The molecule has 0 amide bonds. The van der Waals surface area contributed by atoms with Crippen molar-refractivity contribution in [1.82, 2.24) is 0 Å². The van der Waals surface area contributed by atoms with Gasteiger partial charge in [0.05, 0.1) is 33.0 Å². The van der Waals surface area contributed by atoms with E-state index >= 15 is 0 Å². The highest BCUT2D eigenvalue weighted by atomic mass is 16.6. The van der Waals surface area contributed by atoms with E-state index in [1.165, 1.54) is 6.92 Å². The van der Waals surface area contributed by atoms with Gasteiger partial charge in [-0.05, 0) is 16.7 Å².